The first-order valence-corrected chi connectivity index (χ1v) is 8.82. The van der Waals surface area contributed by atoms with E-state index in [0.29, 0.717) is 16.5 Å². The van der Waals surface area contributed by atoms with Crippen LogP contribution in [0.25, 0.3) is 10.9 Å². The van der Waals surface area contributed by atoms with Gasteiger partial charge in [-0.15, -0.1) is 0 Å². The van der Waals surface area contributed by atoms with E-state index in [1.807, 2.05) is 0 Å². The summed E-state index contributed by atoms with van der Waals surface area (Å²) < 4.78 is 38.5. The van der Waals surface area contributed by atoms with Gasteiger partial charge < -0.3 is 10.2 Å². The van der Waals surface area contributed by atoms with Gasteiger partial charge in [0.1, 0.15) is 6.04 Å². The number of carbonyl (C=O) groups excluding carboxylic acids is 2. The Balaban J connectivity index is 1.66. The van der Waals surface area contributed by atoms with Crippen molar-refractivity contribution in [3.63, 3.8) is 0 Å². The van der Waals surface area contributed by atoms with Crippen LogP contribution in [0.1, 0.15) is 28.5 Å². The normalized spacial score (nSPS) is 12.6. The van der Waals surface area contributed by atoms with Crippen molar-refractivity contribution in [3.8, 4) is 0 Å². The molecule has 0 saturated carbocycles. The van der Waals surface area contributed by atoms with Gasteiger partial charge in [0, 0.05) is 19.0 Å². The summed E-state index contributed by atoms with van der Waals surface area (Å²) >= 11 is 0. The zero-order chi connectivity index (χ0) is 21.2. The largest absolute Gasteiger partial charge is 0.416 e. The summed E-state index contributed by atoms with van der Waals surface area (Å²) in [7, 11) is 1.47. The predicted molar refractivity (Wildman–Crippen MR) is 101 cm³/mol. The van der Waals surface area contributed by atoms with E-state index in [4.69, 9.17) is 0 Å². The van der Waals surface area contributed by atoms with E-state index in [-0.39, 0.29) is 12.2 Å². The number of halogens is 3. The van der Waals surface area contributed by atoms with Gasteiger partial charge in [0.2, 0.25) is 5.91 Å². The summed E-state index contributed by atoms with van der Waals surface area (Å²) in [5.41, 5.74) is 0.425. The molecule has 9 heteroatoms. The minimum Gasteiger partial charge on any atom is -0.340 e. The van der Waals surface area contributed by atoms with E-state index in [1.54, 1.807) is 24.3 Å². The van der Waals surface area contributed by atoms with Gasteiger partial charge in [0.05, 0.1) is 11.1 Å². The average Bonchev–Trinajstić information content (AvgIpc) is 3.11. The van der Waals surface area contributed by atoms with Gasteiger partial charge in [-0.05, 0) is 30.7 Å². The van der Waals surface area contributed by atoms with Crippen LogP contribution in [0.5, 0.6) is 0 Å². The maximum absolute atomic E-state index is 12.8. The van der Waals surface area contributed by atoms with Crippen LogP contribution in [-0.4, -0.2) is 40.0 Å². The molecule has 1 aromatic heterocycles. The fraction of sp³-hybridized carbons (Fsp3) is 0.250. The highest BCUT2D eigenvalue weighted by atomic mass is 19.4. The van der Waals surface area contributed by atoms with Gasteiger partial charge in [-0.3, -0.25) is 14.7 Å². The standard InChI is InChI=1S/C20H19F3N4O2/c1-12(24-18(28)17-15-8-3-4-9-16(15)25-26-17)19(29)27(2)11-13-6-5-7-14(10-13)20(21,22)23/h3-10,12H,11H2,1-2H3,(H,24,28)(H,25,26). The Morgan fingerprint density at radius 3 is 2.62 bits per heavy atom. The van der Waals surface area contributed by atoms with Gasteiger partial charge in [-0.2, -0.15) is 18.3 Å². The highest BCUT2D eigenvalue weighted by Crippen LogP contribution is 2.29. The molecule has 2 amide bonds. The van der Waals surface area contributed by atoms with Crippen LogP contribution in [0.15, 0.2) is 48.5 Å². The summed E-state index contributed by atoms with van der Waals surface area (Å²) in [5.74, 6) is -0.952. The third-order valence-corrected chi connectivity index (χ3v) is 4.45. The van der Waals surface area contributed by atoms with Gasteiger partial charge in [0.25, 0.3) is 5.91 Å². The van der Waals surface area contributed by atoms with Crippen LogP contribution in [0.4, 0.5) is 13.2 Å². The predicted octanol–water partition coefficient (Wildman–Crippen LogP) is 3.36. The fourth-order valence-electron chi connectivity index (χ4n) is 2.99. The van der Waals surface area contributed by atoms with E-state index >= 15 is 0 Å². The van der Waals surface area contributed by atoms with Crippen molar-refractivity contribution in [1.29, 1.82) is 0 Å². The average molecular weight is 404 g/mol. The second-order valence-electron chi connectivity index (χ2n) is 6.71. The molecule has 29 heavy (non-hydrogen) atoms. The minimum atomic E-state index is -4.45. The number of nitrogens with zero attached hydrogens (tertiary/aromatic N) is 2. The lowest BCUT2D eigenvalue weighted by molar-refractivity contribution is -0.137. The number of para-hydroxylation sites is 1. The topological polar surface area (TPSA) is 78.1 Å². The number of likely N-dealkylation sites (N-methyl/N-ethyl adjacent to an activating group) is 1. The third kappa shape index (κ3) is 4.56. The number of alkyl halides is 3. The smallest absolute Gasteiger partial charge is 0.340 e. The summed E-state index contributed by atoms with van der Waals surface area (Å²) in [6.45, 7) is 1.49. The minimum absolute atomic E-state index is 0.0195. The lowest BCUT2D eigenvalue weighted by Crippen LogP contribution is -2.45. The highest BCUT2D eigenvalue weighted by Gasteiger charge is 2.30. The van der Waals surface area contributed by atoms with E-state index in [1.165, 1.54) is 31.0 Å². The van der Waals surface area contributed by atoms with E-state index in [9.17, 15) is 22.8 Å². The molecule has 1 atom stereocenters. The molecule has 0 radical (unpaired) electrons. The second kappa shape index (κ2) is 7.94. The number of hydrogen-bond acceptors (Lipinski definition) is 3. The van der Waals surface area contributed by atoms with E-state index in [0.717, 1.165) is 12.1 Å². The van der Waals surface area contributed by atoms with Crippen LogP contribution in [0.2, 0.25) is 0 Å². The molecule has 2 N–H and O–H groups in total. The molecule has 2 aromatic carbocycles. The van der Waals surface area contributed by atoms with Crippen molar-refractivity contribution in [3.05, 3.63) is 65.4 Å². The number of carbonyl (C=O) groups is 2. The summed E-state index contributed by atoms with van der Waals surface area (Å²) in [4.78, 5) is 26.3. The lowest BCUT2D eigenvalue weighted by atomic mass is 10.1. The number of fused-ring (bicyclic) bond motifs is 1. The maximum atomic E-state index is 12.8. The molecular formula is C20H19F3N4O2. The molecule has 0 bridgehead atoms. The number of rotatable bonds is 5. The van der Waals surface area contributed by atoms with E-state index < -0.39 is 29.6 Å². The van der Waals surface area contributed by atoms with Crippen LogP contribution in [0.3, 0.4) is 0 Å². The highest BCUT2D eigenvalue weighted by molar-refractivity contribution is 6.05. The molecule has 6 nitrogen and oxygen atoms in total. The van der Waals surface area contributed by atoms with Crippen molar-refractivity contribution in [1.82, 2.24) is 20.4 Å². The first kappa shape index (κ1) is 20.4. The Morgan fingerprint density at radius 1 is 1.17 bits per heavy atom. The zero-order valence-corrected chi connectivity index (χ0v) is 15.7. The van der Waals surface area contributed by atoms with Gasteiger partial charge in [-0.25, -0.2) is 0 Å². The molecule has 0 aliphatic carbocycles. The molecule has 0 aliphatic heterocycles. The number of aromatic amines is 1. The summed E-state index contributed by atoms with van der Waals surface area (Å²) in [5, 5.41) is 9.94. The number of benzene rings is 2. The van der Waals surface area contributed by atoms with Crippen molar-refractivity contribution < 1.29 is 22.8 Å². The first-order chi connectivity index (χ1) is 13.7. The van der Waals surface area contributed by atoms with Crippen molar-refractivity contribution in [2.75, 3.05) is 7.05 Å². The summed E-state index contributed by atoms with van der Waals surface area (Å²) in [6, 6.07) is 11.0. The number of H-pyrrole nitrogens is 1. The van der Waals surface area contributed by atoms with Crippen LogP contribution < -0.4 is 5.32 Å². The summed E-state index contributed by atoms with van der Waals surface area (Å²) in [6.07, 6.45) is -4.45. The maximum Gasteiger partial charge on any atom is 0.416 e. The fourth-order valence-corrected chi connectivity index (χ4v) is 2.99. The molecule has 3 aromatic rings. The second-order valence-corrected chi connectivity index (χ2v) is 6.71. The van der Waals surface area contributed by atoms with E-state index in [2.05, 4.69) is 15.5 Å². The van der Waals surface area contributed by atoms with Crippen molar-refractivity contribution >= 4 is 22.7 Å². The number of hydrogen-bond donors (Lipinski definition) is 2. The first-order valence-electron chi connectivity index (χ1n) is 8.82. The Morgan fingerprint density at radius 2 is 1.90 bits per heavy atom. The van der Waals surface area contributed by atoms with Gasteiger partial charge in [0.15, 0.2) is 5.69 Å². The monoisotopic (exact) mass is 404 g/mol. The molecule has 3 rings (SSSR count). The lowest BCUT2D eigenvalue weighted by Gasteiger charge is -2.22. The molecule has 0 aliphatic rings. The molecule has 152 valence electrons. The Kier molecular flexibility index (Phi) is 5.58. The van der Waals surface area contributed by atoms with Crippen LogP contribution >= 0.6 is 0 Å². The Bertz CT molecular complexity index is 1050. The third-order valence-electron chi connectivity index (χ3n) is 4.45. The van der Waals surface area contributed by atoms with Gasteiger partial charge >= 0.3 is 6.18 Å². The van der Waals surface area contributed by atoms with Crippen LogP contribution in [0, 0.1) is 0 Å². The quantitative estimate of drug-likeness (QED) is 0.685. The molecular weight excluding hydrogens is 385 g/mol. The Hall–Kier alpha value is -3.36. The molecule has 1 heterocycles. The Labute approximate surface area is 164 Å². The van der Waals surface area contributed by atoms with Crippen LogP contribution in [-0.2, 0) is 17.5 Å². The van der Waals surface area contributed by atoms with Crippen molar-refractivity contribution in [2.24, 2.45) is 0 Å². The molecule has 1 unspecified atom stereocenters. The van der Waals surface area contributed by atoms with Gasteiger partial charge in [-0.1, -0.05) is 30.3 Å². The SMILES string of the molecule is CC(NC(=O)c1n[nH]c2ccccc12)C(=O)N(C)Cc1cccc(C(F)(F)F)c1. The molecule has 0 fully saturated rings. The zero-order valence-electron chi connectivity index (χ0n) is 15.7. The number of nitrogens with one attached hydrogen (secondary N) is 2. The number of aromatic nitrogens is 2. The molecule has 0 saturated heterocycles. The number of amides is 2. The van der Waals surface area contributed by atoms with Crippen molar-refractivity contribution in [2.45, 2.75) is 25.7 Å². The molecule has 0 spiro atoms.